The van der Waals surface area contributed by atoms with Crippen LogP contribution in [0.25, 0.3) is 0 Å². The van der Waals surface area contributed by atoms with Gasteiger partial charge in [0.15, 0.2) is 11.5 Å². The van der Waals surface area contributed by atoms with E-state index in [0.717, 1.165) is 0 Å². The smallest absolute Gasteiger partial charge is 0.186 e. The first kappa shape index (κ1) is 8.66. The zero-order valence-electron chi connectivity index (χ0n) is 6.44. The summed E-state index contributed by atoms with van der Waals surface area (Å²) in [5, 5.41) is 6.94. The van der Waals surface area contributed by atoms with Crippen molar-refractivity contribution >= 4 is 23.5 Å². The number of thiocarbonyl (C=S) groups is 1. The van der Waals surface area contributed by atoms with Crippen LogP contribution < -0.4 is 10.7 Å². The second-order valence-electron chi connectivity index (χ2n) is 1.86. The van der Waals surface area contributed by atoms with Gasteiger partial charge in [-0.25, -0.2) is 4.98 Å². The third-order valence-corrected chi connectivity index (χ3v) is 1.34. The minimum atomic E-state index is 0.453. The zero-order valence-corrected chi connectivity index (χ0v) is 7.26. The van der Waals surface area contributed by atoms with Gasteiger partial charge in [0.1, 0.15) is 12.0 Å². The van der Waals surface area contributed by atoms with Gasteiger partial charge in [-0.05, 0) is 12.2 Å². The van der Waals surface area contributed by atoms with E-state index in [1.165, 1.54) is 18.9 Å². The van der Waals surface area contributed by atoms with E-state index in [1.54, 1.807) is 7.05 Å². The standard InChI is InChI=1S/C6H8N4OS/c1-7-6(12)10-9-2-5-3-11-4-8-5/h2-4H,1H3,(H2,7,10,12)/b9-2+. The second kappa shape index (κ2) is 4.45. The predicted molar refractivity (Wildman–Crippen MR) is 48.9 cm³/mol. The van der Waals surface area contributed by atoms with Crippen LogP contribution in [0.15, 0.2) is 22.2 Å². The molecule has 5 nitrogen and oxygen atoms in total. The van der Waals surface area contributed by atoms with Gasteiger partial charge in [-0.2, -0.15) is 5.10 Å². The fourth-order valence-corrected chi connectivity index (χ4v) is 0.551. The summed E-state index contributed by atoms with van der Waals surface area (Å²) in [6.07, 6.45) is 4.32. The van der Waals surface area contributed by atoms with Crippen molar-refractivity contribution in [1.29, 1.82) is 0 Å². The van der Waals surface area contributed by atoms with Crippen LogP contribution in [-0.2, 0) is 0 Å². The van der Waals surface area contributed by atoms with Crippen molar-refractivity contribution in [3.8, 4) is 0 Å². The quantitative estimate of drug-likeness (QED) is 0.388. The summed E-state index contributed by atoms with van der Waals surface area (Å²) < 4.78 is 4.72. The Balaban J connectivity index is 2.37. The highest BCUT2D eigenvalue weighted by atomic mass is 32.1. The Hall–Kier alpha value is -1.43. The predicted octanol–water partition coefficient (Wildman–Crippen LogP) is 0.102. The lowest BCUT2D eigenvalue weighted by Crippen LogP contribution is -2.28. The first-order valence-electron chi connectivity index (χ1n) is 3.22. The number of hydrogen-bond acceptors (Lipinski definition) is 4. The van der Waals surface area contributed by atoms with Crippen LogP contribution in [0.5, 0.6) is 0 Å². The summed E-state index contributed by atoms with van der Waals surface area (Å²) in [6.45, 7) is 0. The molecule has 0 fully saturated rings. The molecule has 0 atom stereocenters. The molecule has 64 valence electrons. The molecule has 0 unspecified atom stereocenters. The highest BCUT2D eigenvalue weighted by Gasteiger charge is 1.89. The number of hydrazone groups is 1. The molecule has 1 aromatic rings. The van der Waals surface area contributed by atoms with Gasteiger partial charge in [0.25, 0.3) is 0 Å². The van der Waals surface area contributed by atoms with Gasteiger partial charge >= 0.3 is 0 Å². The number of nitrogens with one attached hydrogen (secondary N) is 2. The van der Waals surface area contributed by atoms with Crippen LogP contribution >= 0.6 is 12.2 Å². The van der Waals surface area contributed by atoms with E-state index in [2.05, 4.69) is 20.8 Å². The minimum Gasteiger partial charge on any atom is -0.451 e. The SMILES string of the molecule is CNC(=S)N/N=C/c1cocn1. The Bertz CT molecular complexity index is 269. The van der Waals surface area contributed by atoms with Gasteiger partial charge in [0.05, 0.1) is 6.21 Å². The van der Waals surface area contributed by atoms with Gasteiger partial charge in [-0.1, -0.05) is 0 Å². The summed E-state index contributed by atoms with van der Waals surface area (Å²) in [5.74, 6) is 0. The van der Waals surface area contributed by atoms with E-state index in [0.29, 0.717) is 10.8 Å². The lowest BCUT2D eigenvalue weighted by molar-refractivity contribution is 0.557. The van der Waals surface area contributed by atoms with Crippen molar-refractivity contribution in [2.45, 2.75) is 0 Å². The van der Waals surface area contributed by atoms with E-state index in [-0.39, 0.29) is 0 Å². The molecule has 6 heteroatoms. The Morgan fingerprint density at radius 3 is 3.25 bits per heavy atom. The molecule has 0 radical (unpaired) electrons. The van der Waals surface area contributed by atoms with Crippen molar-refractivity contribution in [2.75, 3.05) is 7.05 Å². The molecule has 0 saturated carbocycles. The van der Waals surface area contributed by atoms with Crippen molar-refractivity contribution in [3.63, 3.8) is 0 Å². The first-order valence-corrected chi connectivity index (χ1v) is 3.62. The van der Waals surface area contributed by atoms with E-state index in [9.17, 15) is 0 Å². The van der Waals surface area contributed by atoms with Crippen LogP contribution in [0.3, 0.4) is 0 Å². The van der Waals surface area contributed by atoms with Gasteiger partial charge in [-0.15, -0.1) is 0 Å². The van der Waals surface area contributed by atoms with Crippen molar-refractivity contribution in [3.05, 3.63) is 18.4 Å². The maximum Gasteiger partial charge on any atom is 0.186 e. The molecule has 1 heterocycles. The van der Waals surface area contributed by atoms with Gasteiger partial charge in [0, 0.05) is 7.05 Å². The molecule has 1 aromatic heterocycles. The van der Waals surface area contributed by atoms with Crippen molar-refractivity contribution in [2.24, 2.45) is 5.10 Å². The Kier molecular flexibility index (Phi) is 3.21. The summed E-state index contributed by atoms with van der Waals surface area (Å²) in [4.78, 5) is 3.82. The number of hydrogen-bond donors (Lipinski definition) is 2. The van der Waals surface area contributed by atoms with Crippen LogP contribution in [0.2, 0.25) is 0 Å². The molecule has 12 heavy (non-hydrogen) atoms. The highest BCUT2D eigenvalue weighted by Crippen LogP contribution is 1.87. The monoisotopic (exact) mass is 184 g/mol. The fraction of sp³-hybridized carbons (Fsp3) is 0.167. The summed E-state index contributed by atoms with van der Waals surface area (Å²) in [6, 6.07) is 0. The maximum absolute atomic E-state index is 4.77. The fourth-order valence-electron chi connectivity index (χ4n) is 0.499. The molecule has 2 N–H and O–H groups in total. The first-order chi connectivity index (χ1) is 5.83. The molecule has 0 amide bonds. The highest BCUT2D eigenvalue weighted by molar-refractivity contribution is 7.80. The third-order valence-electron chi connectivity index (χ3n) is 1.04. The molecule has 0 aromatic carbocycles. The average molecular weight is 184 g/mol. The summed E-state index contributed by atoms with van der Waals surface area (Å²) in [7, 11) is 1.71. The molecule has 1 rings (SSSR count). The topological polar surface area (TPSA) is 62.5 Å². The Morgan fingerprint density at radius 1 is 1.83 bits per heavy atom. The summed E-state index contributed by atoms with van der Waals surface area (Å²) >= 11 is 4.77. The van der Waals surface area contributed by atoms with Crippen LogP contribution in [0.4, 0.5) is 0 Å². The van der Waals surface area contributed by atoms with Crippen LogP contribution in [-0.4, -0.2) is 23.4 Å². The maximum atomic E-state index is 4.77. The van der Waals surface area contributed by atoms with Crippen molar-refractivity contribution < 1.29 is 4.42 Å². The zero-order chi connectivity index (χ0) is 8.81. The van der Waals surface area contributed by atoms with Crippen LogP contribution in [0.1, 0.15) is 5.69 Å². The third kappa shape index (κ3) is 2.67. The molecule has 0 saturated heterocycles. The Morgan fingerprint density at radius 2 is 2.67 bits per heavy atom. The molecule has 0 spiro atoms. The normalized spacial score (nSPS) is 10.1. The van der Waals surface area contributed by atoms with E-state index < -0.39 is 0 Å². The van der Waals surface area contributed by atoms with Gasteiger partial charge in [0.2, 0.25) is 0 Å². The van der Waals surface area contributed by atoms with Crippen LogP contribution in [0, 0.1) is 0 Å². The van der Waals surface area contributed by atoms with E-state index in [1.807, 2.05) is 0 Å². The number of aromatic nitrogens is 1. The van der Waals surface area contributed by atoms with E-state index in [4.69, 9.17) is 16.6 Å². The second-order valence-corrected chi connectivity index (χ2v) is 2.27. The molecule has 0 bridgehead atoms. The number of rotatable bonds is 2. The average Bonchev–Trinajstić information content (AvgIpc) is 2.57. The summed E-state index contributed by atoms with van der Waals surface area (Å²) in [5.41, 5.74) is 3.22. The van der Waals surface area contributed by atoms with Crippen molar-refractivity contribution in [1.82, 2.24) is 15.7 Å². The largest absolute Gasteiger partial charge is 0.451 e. The van der Waals surface area contributed by atoms with Gasteiger partial charge < -0.3 is 9.73 Å². The molecule has 0 aliphatic heterocycles. The lowest BCUT2D eigenvalue weighted by atomic mass is 10.5. The number of nitrogens with zero attached hydrogens (tertiary/aromatic N) is 2. The Labute approximate surface area is 74.9 Å². The van der Waals surface area contributed by atoms with Gasteiger partial charge in [-0.3, -0.25) is 5.43 Å². The lowest BCUT2D eigenvalue weighted by Gasteiger charge is -1.97. The number of oxazole rings is 1. The van der Waals surface area contributed by atoms with E-state index >= 15 is 0 Å². The minimum absolute atomic E-state index is 0.453. The molecule has 0 aliphatic rings. The molecule has 0 aliphatic carbocycles. The molecular weight excluding hydrogens is 176 g/mol. The molecular formula is C6H8N4OS.